The Kier molecular flexibility index (Phi) is 2.77. The van der Waals surface area contributed by atoms with Crippen LogP contribution >= 0.6 is 0 Å². The molecule has 0 aromatic carbocycles. The molecule has 1 amide bonds. The normalized spacial score (nSPS) is 25.8. The van der Waals surface area contributed by atoms with Gasteiger partial charge in [-0.15, -0.1) is 0 Å². The molecule has 0 atom stereocenters. The van der Waals surface area contributed by atoms with E-state index >= 15 is 0 Å². The SMILES string of the molecule is CC1(NC(=O)CC2CCNCC2)CC1. The Morgan fingerprint density at radius 2 is 2.07 bits per heavy atom. The highest BCUT2D eigenvalue weighted by Crippen LogP contribution is 2.34. The fourth-order valence-corrected chi connectivity index (χ4v) is 2.05. The first-order chi connectivity index (χ1) is 6.68. The highest BCUT2D eigenvalue weighted by molar-refractivity contribution is 5.77. The Balaban J connectivity index is 1.70. The third-order valence-corrected chi connectivity index (χ3v) is 3.37. The van der Waals surface area contributed by atoms with Gasteiger partial charge >= 0.3 is 0 Å². The molecule has 14 heavy (non-hydrogen) atoms. The maximum Gasteiger partial charge on any atom is 0.220 e. The molecule has 0 bridgehead atoms. The van der Waals surface area contributed by atoms with Crippen molar-refractivity contribution in [2.24, 2.45) is 5.92 Å². The van der Waals surface area contributed by atoms with Gasteiger partial charge in [0.2, 0.25) is 5.91 Å². The Labute approximate surface area is 85.6 Å². The van der Waals surface area contributed by atoms with Gasteiger partial charge in [-0.1, -0.05) is 0 Å². The predicted molar refractivity (Wildman–Crippen MR) is 56.0 cm³/mol. The molecule has 80 valence electrons. The summed E-state index contributed by atoms with van der Waals surface area (Å²) in [5.74, 6) is 0.871. The fraction of sp³-hybridized carbons (Fsp3) is 0.909. The molecular formula is C11H20N2O. The van der Waals surface area contributed by atoms with Crippen molar-refractivity contribution in [3.05, 3.63) is 0 Å². The average molecular weight is 196 g/mol. The summed E-state index contributed by atoms with van der Waals surface area (Å²) in [5, 5.41) is 6.44. The summed E-state index contributed by atoms with van der Waals surface area (Å²) in [5.41, 5.74) is 0.157. The van der Waals surface area contributed by atoms with Crippen LogP contribution in [0.5, 0.6) is 0 Å². The van der Waals surface area contributed by atoms with Gasteiger partial charge in [0.15, 0.2) is 0 Å². The van der Waals surface area contributed by atoms with E-state index in [0.717, 1.165) is 45.2 Å². The fourth-order valence-electron chi connectivity index (χ4n) is 2.05. The quantitative estimate of drug-likeness (QED) is 0.708. The molecule has 3 heteroatoms. The highest BCUT2D eigenvalue weighted by Gasteiger charge is 2.38. The van der Waals surface area contributed by atoms with Crippen LogP contribution in [0.25, 0.3) is 0 Å². The van der Waals surface area contributed by atoms with Crippen molar-refractivity contribution in [1.29, 1.82) is 0 Å². The van der Waals surface area contributed by atoms with Crippen molar-refractivity contribution < 1.29 is 4.79 Å². The number of piperidine rings is 1. The predicted octanol–water partition coefficient (Wildman–Crippen LogP) is 1.04. The van der Waals surface area contributed by atoms with Gasteiger partial charge in [-0.05, 0) is 51.6 Å². The Morgan fingerprint density at radius 3 is 2.64 bits per heavy atom. The lowest BCUT2D eigenvalue weighted by Gasteiger charge is -2.22. The zero-order valence-electron chi connectivity index (χ0n) is 8.94. The zero-order chi connectivity index (χ0) is 10.0. The molecule has 2 aliphatic rings. The van der Waals surface area contributed by atoms with Gasteiger partial charge in [-0.3, -0.25) is 4.79 Å². The molecule has 0 unspecified atom stereocenters. The van der Waals surface area contributed by atoms with Crippen LogP contribution in [0.15, 0.2) is 0 Å². The first-order valence-electron chi connectivity index (χ1n) is 5.70. The lowest BCUT2D eigenvalue weighted by Crippen LogP contribution is -2.37. The van der Waals surface area contributed by atoms with Gasteiger partial charge in [0.05, 0.1) is 0 Å². The second-order valence-corrected chi connectivity index (χ2v) is 5.01. The van der Waals surface area contributed by atoms with Gasteiger partial charge < -0.3 is 10.6 Å². The molecule has 0 spiro atoms. The largest absolute Gasteiger partial charge is 0.351 e. The lowest BCUT2D eigenvalue weighted by atomic mass is 9.94. The van der Waals surface area contributed by atoms with E-state index in [4.69, 9.17) is 0 Å². The first kappa shape index (κ1) is 9.97. The molecular weight excluding hydrogens is 176 g/mol. The molecule has 1 saturated carbocycles. The van der Waals surface area contributed by atoms with Gasteiger partial charge in [-0.2, -0.15) is 0 Å². The maximum absolute atomic E-state index is 11.6. The Hall–Kier alpha value is -0.570. The summed E-state index contributed by atoms with van der Waals surface area (Å²) >= 11 is 0. The van der Waals surface area contributed by atoms with Crippen molar-refractivity contribution in [1.82, 2.24) is 10.6 Å². The molecule has 3 nitrogen and oxygen atoms in total. The van der Waals surface area contributed by atoms with Crippen molar-refractivity contribution in [2.45, 2.75) is 44.6 Å². The van der Waals surface area contributed by atoms with Crippen LogP contribution in [0, 0.1) is 5.92 Å². The van der Waals surface area contributed by atoms with Crippen molar-refractivity contribution >= 4 is 5.91 Å². The summed E-state index contributed by atoms with van der Waals surface area (Å²) in [7, 11) is 0. The van der Waals surface area contributed by atoms with Crippen LogP contribution in [0.2, 0.25) is 0 Å². The van der Waals surface area contributed by atoms with Crippen LogP contribution in [-0.4, -0.2) is 24.5 Å². The molecule has 0 radical (unpaired) electrons. The molecule has 2 rings (SSSR count). The summed E-state index contributed by atoms with van der Waals surface area (Å²) in [6, 6.07) is 0. The molecule has 1 aliphatic heterocycles. The average Bonchev–Trinajstić information content (AvgIpc) is 2.84. The number of carbonyl (C=O) groups is 1. The van der Waals surface area contributed by atoms with E-state index in [1.165, 1.54) is 0 Å². The minimum atomic E-state index is 0.157. The van der Waals surface area contributed by atoms with Crippen molar-refractivity contribution in [3.8, 4) is 0 Å². The number of hydrogen-bond acceptors (Lipinski definition) is 2. The molecule has 2 N–H and O–H groups in total. The monoisotopic (exact) mass is 196 g/mol. The molecule has 0 aromatic heterocycles. The van der Waals surface area contributed by atoms with E-state index < -0.39 is 0 Å². The Morgan fingerprint density at radius 1 is 1.43 bits per heavy atom. The topological polar surface area (TPSA) is 41.1 Å². The molecule has 1 saturated heterocycles. The van der Waals surface area contributed by atoms with E-state index in [1.807, 2.05) is 0 Å². The second-order valence-electron chi connectivity index (χ2n) is 5.01. The summed E-state index contributed by atoms with van der Waals surface area (Å²) in [4.78, 5) is 11.6. The maximum atomic E-state index is 11.6. The van der Waals surface area contributed by atoms with Gasteiger partial charge in [-0.25, -0.2) is 0 Å². The third-order valence-electron chi connectivity index (χ3n) is 3.37. The summed E-state index contributed by atoms with van der Waals surface area (Å²) in [6.07, 6.45) is 5.36. The summed E-state index contributed by atoms with van der Waals surface area (Å²) < 4.78 is 0. The Bertz CT molecular complexity index is 217. The van der Waals surface area contributed by atoms with E-state index in [9.17, 15) is 4.79 Å². The summed E-state index contributed by atoms with van der Waals surface area (Å²) in [6.45, 7) is 4.29. The minimum Gasteiger partial charge on any atom is -0.351 e. The zero-order valence-corrected chi connectivity index (χ0v) is 8.94. The van der Waals surface area contributed by atoms with Gasteiger partial charge in [0.1, 0.15) is 0 Å². The standard InChI is InChI=1S/C11H20N2O/c1-11(4-5-11)13-10(14)8-9-2-6-12-7-3-9/h9,12H,2-8H2,1H3,(H,13,14). The van der Waals surface area contributed by atoms with Crippen molar-refractivity contribution in [3.63, 3.8) is 0 Å². The van der Waals surface area contributed by atoms with Crippen LogP contribution in [-0.2, 0) is 4.79 Å². The minimum absolute atomic E-state index is 0.157. The first-order valence-corrected chi connectivity index (χ1v) is 5.70. The van der Waals surface area contributed by atoms with Crippen LogP contribution in [0.4, 0.5) is 0 Å². The van der Waals surface area contributed by atoms with E-state index in [-0.39, 0.29) is 11.4 Å². The molecule has 0 aromatic rings. The van der Waals surface area contributed by atoms with Gasteiger partial charge in [0.25, 0.3) is 0 Å². The molecule has 1 heterocycles. The number of hydrogen-bond donors (Lipinski definition) is 2. The molecule has 1 aliphatic carbocycles. The highest BCUT2D eigenvalue weighted by atomic mass is 16.1. The number of nitrogens with one attached hydrogen (secondary N) is 2. The van der Waals surface area contributed by atoms with E-state index in [1.54, 1.807) is 0 Å². The second kappa shape index (κ2) is 3.89. The molecule has 2 fully saturated rings. The number of carbonyl (C=O) groups excluding carboxylic acids is 1. The smallest absolute Gasteiger partial charge is 0.220 e. The van der Waals surface area contributed by atoms with Crippen LogP contribution < -0.4 is 10.6 Å². The number of amides is 1. The van der Waals surface area contributed by atoms with Crippen LogP contribution in [0.3, 0.4) is 0 Å². The van der Waals surface area contributed by atoms with Crippen LogP contribution in [0.1, 0.15) is 39.0 Å². The van der Waals surface area contributed by atoms with E-state index in [0.29, 0.717) is 5.92 Å². The van der Waals surface area contributed by atoms with Crippen molar-refractivity contribution in [2.75, 3.05) is 13.1 Å². The number of rotatable bonds is 3. The van der Waals surface area contributed by atoms with Gasteiger partial charge in [0, 0.05) is 12.0 Å². The van der Waals surface area contributed by atoms with E-state index in [2.05, 4.69) is 17.6 Å². The lowest BCUT2D eigenvalue weighted by molar-refractivity contribution is -0.123. The third kappa shape index (κ3) is 2.71.